The average Bonchev–Trinajstić information content (AvgIpc) is 3.08. The van der Waals surface area contributed by atoms with Gasteiger partial charge in [0.05, 0.1) is 5.56 Å². The third-order valence-electron chi connectivity index (χ3n) is 4.73. The number of hydrogen-bond acceptors (Lipinski definition) is 2. The summed E-state index contributed by atoms with van der Waals surface area (Å²) < 4.78 is 40.3. The van der Waals surface area contributed by atoms with E-state index in [-0.39, 0.29) is 11.3 Å². The number of nitrogens with one attached hydrogen (secondary N) is 1. The zero-order chi connectivity index (χ0) is 20.6. The van der Waals surface area contributed by atoms with E-state index < -0.39 is 23.3 Å². The molecule has 1 heterocycles. The average molecular weight is 377 g/mol. The van der Waals surface area contributed by atoms with Crippen LogP contribution in [0.5, 0.6) is 0 Å². The molecule has 0 saturated carbocycles. The SMILES string of the molecule is C#C.C[C@@H]1CC(C)(C)c2cccc(NC(=O)c3cn(C)nc3C(F)(F)F)c21. The second-order valence-electron chi connectivity index (χ2n) is 7.27. The van der Waals surface area contributed by atoms with E-state index in [1.54, 1.807) is 6.07 Å². The number of halogens is 3. The first-order chi connectivity index (χ1) is 12.5. The van der Waals surface area contributed by atoms with Crippen molar-refractivity contribution in [3.8, 4) is 12.8 Å². The second-order valence-corrected chi connectivity index (χ2v) is 7.27. The molecule has 1 aliphatic carbocycles. The first-order valence-electron chi connectivity index (χ1n) is 8.39. The summed E-state index contributed by atoms with van der Waals surface area (Å²) in [5.74, 6) is -0.580. The van der Waals surface area contributed by atoms with Gasteiger partial charge < -0.3 is 5.32 Å². The van der Waals surface area contributed by atoms with Gasteiger partial charge in [0.1, 0.15) is 0 Å². The van der Waals surface area contributed by atoms with Gasteiger partial charge in [-0.25, -0.2) is 0 Å². The Balaban J connectivity index is 0.00000126. The molecule has 0 spiro atoms. The van der Waals surface area contributed by atoms with Gasteiger partial charge in [-0.2, -0.15) is 18.3 Å². The van der Waals surface area contributed by atoms with Gasteiger partial charge in [0.25, 0.3) is 5.91 Å². The smallest absolute Gasteiger partial charge is 0.322 e. The molecule has 2 aromatic rings. The fourth-order valence-corrected chi connectivity index (χ4v) is 3.83. The second kappa shape index (κ2) is 7.10. The van der Waals surface area contributed by atoms with Crippen molar-refractivity contribution >= 4 is 11.6 Å². The minimum absolute atomic E-state index is 0.0269. The number of rotatable bonds is 2. The maximum atomic E-state index is 13.1. The van der Waals surface area contributed by atoms with E-state index in [4.69, 9.17) is 0 Å². The normalized spacial score (nSPS) is 17.6. The van der Waals surface area contributed by atoms with Gasteiger partial charge in [0, 0.05) is 18.9 Å². The van der Waals surface area contributed by atoms with Crippen molar-refractivity contribution in [2.24, 2.45) is 7.05 Å². The van der Waals surface area contributed by atoms with Crippen LogP contribution in [0.2, 0.25) is 0 Å². The summed E-state index contributed by atoms with van der Waals surface area (Å²) in [6, 6.07) is 5.57. The third-order valence-corrected chi connectivity index (χ3v) is 4.73. The Labute approximate surface area is 156 Å². The summed E-state index contributed by atoms with van der Waals surface area (Å²) in [6.45, 7) is 6.32. The number of alkyl halides is 3. The lowest BCUT2D eigenvalue weighted by Gasteiger charge is -2.19. The van der Waals surface area contributed by atoms with Crippen LogP contribution in [0.15, 0.2) is 24.4 Å². The van der Waals surface area contributed by atoms with Crippen molar-refractivity contribution in [3.05, 3.63) is 46.8 Å². The highest BCUT2D eigenvalue weighted by atomic mass is 19.4. The Morgan fingerprint density at radius 2 is 1.96 bits per heavy atom. The van der Waals surface area contributed by atoms with Gasteiger partial charge in [-0.05, 0) is 34.9 Å². The lowest BCUT2D eigenvalue weighted by atomic mass is 9.86. The van der Waals surface area contributed by atoms with Gasteiger partial charge in [-0.1, -0.05) is 32.9 Å². The molecule has 1 N–H and O–H groups in total. The Kier molecular flexibility index (Phi) is 5.41. The van der Waals surface area contributed by atoms with Gasteiger partial charge in [-0.3, -0.25) is 9.48 Å². The molecule has 0 saturated heterocycles. The van der Waals surface area contributed by atoms with Crippen LogP contribution in [0.25, 0.3) is 0 Å². The number of amides is 1. The molecule has 27 heavy (non-hydrogen) atoms. The van der Waals surface area contributed by atoms with Gasteiger partial charge in [0.15, 0.2) is 5.69 Å². The summed E-state index contributed by atoms with van der Waals surface area (Å²) in [7, 11) is 1.36. The van der Waals surface area contributed by atoms with Crippen molar-refractivity contribution in [2.75, 3.05) is 5.32 Å². The minimum atomic E-state index is -4.68. The molecular weight excluding hydrogens is 355 g/mol. The number of hydrogen-bond donors (Lipinski definition) is 1. The fraction of sp³-hybridized carbons (Fsp3) is 0.400. The molecule has 1 aromatic carbocycles. The third kappa shape index (κ3) is 3.85. The number of anilines is 1. The molecule has 1 aliphatic rings. The number of carbonyl (C=O) groups is 1. The zero-order valence-electron chi connectivity index (χ0n) is 15.7. The number of terminal acetylenes is 1. The molecule has 1 amide bonds. The van der Waals surface area contributed by atoms with Crippen LogP contribution in [-0.4, -0.2) is 15.7 Å². The van der Waals surface area contributed by atoms with Gasteiger partial charge in [-0.15, -0.1) is 12.8 Å². The van der Waals surface area contributed by atoms with Crippen LogP contribution in [0.4, 0.5) is 18.9 Å². The predicted octanol–water partition coefficient (Wildman–Crippen LogP) is 4.73. The Hall–Kier alpha value is -2.75. The van der Waals surface area contributed by atoms with Crippen molar-refractivity contribution < 1.29 is 18.0 Å². The lowest BCUT2D eigenvalue weighted by molar-refractivity contribution is -0.141. The van der Waals surface area contributed by atoms with Gasteiger partial charge in [0.2, 0.25) is 0 Å². The van der Waals surface area contributed by atoms with Crippen LogP contribution >= 0.6 is 0 Å². The topological polar surface area (TPSA) is 46.9 Å². The van der Waals surface area contributed by atoms with E-state index in [9.17, 15) is 18.0 Å². The summed E-state index contributed by atoms with van der Waals surface area (Å²) >= 11 is 0. The summed E-state index contributed by atoms with van der Waals surface area (Å²) in [6.07, 6.45) is 5.34. The standard InChI is InChI=1S/C18H20F3N3O.C2H2/c1-10-8-17(2,3)12-6-5-7-13(14(10)12)22-16(25)11-9-24(4)23-15(11)18(19,20)21;1-2/h5-7,9-10H,8H2,1-4H3,(H,22,25);1-2H/t10-;/m1./s1. The first-order valence-corrected chi connectivity index (χ1v) is 8.39. The van der Waals surface area contributed by atoms with Crippen LogP contribution in [0, 0.1) is 12.8 Å². The van der Waals surface area contributed by atoms with E-state index in [0.29, 0.717) is 5.69 Å². The zero-order valence-corrected chi connectivity index (χ0v) is 15.7. The van der Waals surface area contributed by atoms with E-state index >= 15 is 0 Å². The van der Waals surface area contributed by atoms with Crippen LogP contribution < -0.4 is 5.32 Å². The molecule has 3 rings (SSSR count). The highest BCUT2D eigenvalue weighted by Gasteiger charge is 2.40. The molecule has 0 unspecified atom stereocenters. The van der Waals surface area contributed by atoms with Crippen LogP contribution in [0.1, 0.15) is 60.3 Å². The number of fused-ring (bicyclic) bond motifs is 1. The number of aromatic nitrogens is 2. The molecule has 0 fully saturated rings. The van der Waals surface area contributed by atoms with E-state index in [1.807, 2.05) is 12.1 Å². The Morgan fingerprint density at radius 3 is 2.56 bits per heavy atom. The molecule has 0 aliphatic heterocycles. The number of aryl methyl sites for hydroxylation is 1. The molecule has 0 bridgehead atoms. The number of nitrogens with zero attached hydrogens (tertiary/aromatic N) is 2. The Bertz CT molecular complexity index is 878. The summed E-state index contributed by atoms with van der Waals surface area (Å²) in [5, 5.41) is 6.05. The van der Waals surface area contributed by atoms with E-state index in [2.05, 4.69) is 44.0 Å². The molecular formula is C20H22F3N3O. The highest BCUT2D eigenvalue weighted by Crippen LogP contribution is 2.48. The van der Waals surface area contributed by atoms with Crippen LogP contribution in [0.3, 0.4) is 0 Å². The first kappa shape index (κ1) is 20.6. The molecule has 1 aromatic heterocycles. The lowest BCUT2D eigenvalue weighted by Crippen LogP contribution is -2.19. The fourth-order valence-electron chi connectivity index (χ4n) is 3.83. The summed E-state index contributed by atoms with van der Waals surface area (Å²) in [5.41, 5.74) is 1.02. The summed E-state index contributed by atoms with van der Waals surface area (Å²) in [4.78, 5) is 12.5. The molecule has 7 heteroatoms. The predicted molar refractivity (Wildman–Crippen MR) is 98.6 cm³/mol. The van der Waals surface area contributed by atoms with Crippen molar-refractivity contribution in [3.63, 3.8) is 0 Å². The molecule has 1 atom stereocenters. The maximum Gasteiger partial charge on any atom is 0.435 e. The maximum absolute atomic E-state index is 13.1. The molecule has 144 valence electrons. The molecule has 0 radical (unpaired) electrons. The van der Waals surface area contributed by atoms with Crippen LogP contribution in [-0.2, 0) is 18.6 Å². The van der Waals surface area contributed by atoms with Gasteiger partial charge >= 0.3 is 6.18 Å². The monoisotopic (exact) mass is 377 g/mol. The number of carbonyl (C=O) groups excluding carboxylic acids is 1. The molecule has 4 nitrogen and oxygen atoms in total. The van der Waals surface area contributed by atoms with Crippen molar-refractivity contribution in [1.29, 1.82) is 0 Å². The highest BCUT2D eigenvalue weighted by molar-refractivity contribution is 6.05. The quantitative estimate of drug-likeness (QED) is 0.770. The van der Waals surface area contributed by atoms with E-state index in [1.165, 1.54) is 7.05 Å². The largest absolute Gasteiger partial charge is 0.435 e. The minimum Gasteiger partial charge on any atom is -0.322 e. The van der Waals surface area contributed by atoms with Crippen molar-refractivity contribution in [2.45, 2.75) is 44.7 Å². The number of benzene rings is 1. The van der Waals surface area contributed by atoms with Crippen molar-refractivity contribution in [1.82, 2.24) is 9.78 Å². The Morgan fingerprint density at radius 1 is 1.33 bits per heavy atom. The van der Waals surface area contributed by atoms with E-state index in [0.717, 1.165) is 28.4 Å².